The predicted molar refractivity (Wildman–Crippen MR) is 81.8 cm³/mol. The van der Waals surface area contributed by atoms with Gasteiger partial charge in [0.1, 0.15) is 0 Å². The molecule has 0 aromatic carbocycles. The molecule has 1 saturated heterocycles. The number of hydrogen-bond donors (Lipinski definition) is 1. The monoisotopic (exact) mass is 332 g/mol. The van der Waals surface area contributed by atoms with Crippen LogP contribution in [-0.2, 0) is 10.0 Å². The average molecular weight is 332 g/mol. The van der Waals surface area contributed by atoms with E-state index >= 15 is 0 Å². The van der Waals surface area contributed by atoms with Crippen molar-refractivity contribution < 1.29 is 17.6 Å². The van der Waals surface area contributed by atoms with Crippen LogP contribution in [-0.4, -0.2) is 42.8 Å². The van der Waals surface area contributed by atoms with Crippen molar-refractivity contribution in [3.8, 4) is 0 Å². The zero-order valence-electron chi connectivity index (χ0n) is 12.2. The van der Waals surface area contributed by atoms with Crippen LogP contribution in [0.5, 0.6) is 0 Å². The number of nitrogens with two attached hydrogens (primary N) is 1. The lowest BCUT2D eigenvalue weighted by molar-refractivity contribution is 0.0701. The molecule has 1 aliphatic rings. The van der Waals surface area contributed by atoms with Gasteiger partial charge in [0.15, 0.2) is 5.76 Å². The quantitative estimate of drug-likeness (QED) is 0.905. The minimum absolute atomic E-state index is 0.0204. The highest BCUT2D eigenvalue weighted by Crippen LogP contribution is 2.37. The van der Waals surface area contributed by atoms with Crippen molar-refractivity contribution in [2.45, 2.75) is 36.5 Å². The number of amides is 1. The van der Waals surface area contributed by atoms with Crippen molar-refractivity contribution >= 4 is 27.7 Å². The summed E-state index contributed by atoms with van der Waals surface area (Å²) in [6.07, 6.45) is 1.97. The number of primary sulfonamides is 1. The van der Waals surface area contributed by atoms with E-state index in [0.717, 1.165) is 18.6 Å². The van der Waals surface area contributed by atoms with E-state index in [1.165, 1.54) is 12.1 Å². The normalized spacial score (nSPS) is 18.7. The van der Waals surface area contributed by atoms with Crippen molar-refractivity contribution in [1.29, 1.82) is 0 Å². The van der Waals surface area contributed by atoms with Crippen molar-refractivity contribution in [2.75, 3.05) is 18.8 Å². The third-order valence-electron chi connectivity index (χ3n) is 3.90. The van der Waals surface area contributed by atoms with Gasteiger partial charge in [-0.25, -0.2) is 13.6 Å². The highest BCUT2D eigenvalue weighted by Gasteiger charge is 2.36. The van der Waals surface area contributed by atoms with Crippen molar-refractivity contribution in [1.82, 2.24) is 4.90 Å². The first-order valence-electron chi connectivity index (χ1n) is 6.87. The second kappa shape index (κ2) is 6.02. The zero-order valence-corrected chi connectivity index (χ0v) is 13.8. The lowest BCUT2D eigenvalue weighted by Gasteiger charge is -2.41. The minimum Gasteiger partial charge on any atom is -0.438 e. The first-order valence-corrected chi connectivity index (χ1v) is 9.40. The van der Waals surface area contributed by atoms with Gasteiger partial charge in [0.25, 0.3) is 15.9 Å². The van der Waals surface area contributed by atoms with Crippen LogP contribution in [0, 0.1) is 0 Å². The van der Waals surface area contributed by atoms with Crippen LogP contribution in [0.2, 0.25) is 0 Å². The summed E-state index contributed by atoms with van der Waals surface area (Å²) in [5.41, 5.74) is 0. The summed E-state index contributed by atoms with van der Waals surface area (Å²) >= 11 is 1.90. The molecule has 1 fully saturated rings. The van der Waals surface area contributed by atoms with Crippen LogP contribution in [0.1, 0.15) is 37.2 Å². The molecule has 1 aromatic heterocycles. The maximum atomic E-state index is 12.4. The van der Waals surface area contributed by atoms with Crippen molar-refractivity contribution in [2.24, 2.45) is 5.14 Å². The summed E-state index contributed by atoms with van der Waals surface area (Å²) in [6.45, 7) is 5.53. The second-order valence-electron chi connectivity index (χ2n) is 5.13. The molecule has 6 nitrogen and oxygen atoms in total. The molecule has 1 aromatic rings. The molecular formula is C13H20N2O4S2. The number of sulfonamides is 1. The summed E-state index contributed by atoms with van der Waals surface area (Å²) in [7, 11) is -3.92. The maximum Gasteiger partial charge on any atom is 0.289 e. The lowest BCUT2D eigenvalue weighted by Crippen LogP contribution is -2.48. The number of furan rings is 1. The van der Waals surface area contributed by atoms with Crippen molar-refractivity contribution in [3.05, 3.63) is 17.9 Å². The van der Waals surface area contributed by atoms with Crippen LogP contribution in [0.15, 0.2) is 21.6 Å². The van der Waals surface area contributed by atoms with Gasteiger partial charge in [-0.15, -0.1) is 0 Å². The zero-order chi connectivity index (χ0) is 15.7. The Hall–Kier alpha value is -0.990. The summed E-state index contributed by atoms with van der Waals surface area (Å²) in [5.74, 6) is 0.611. The van der Waals surface area contributed by atoms with Gasteiger partial charge in [-0.3, -0.25) is 4.79 Å². The largest absolute Gasteiger partial charge is 0.438 e. The Morgan fingerprint density at radius 1 is 1.43 bits per heavy atom. The standard InChI is InChI=1S/C13H20N2O4S2/c1-3-13(4-2)9-15(7-8-20-13)12(16)10-5-6-11(19-10)21(14,17)18/h5-6H,3-4,7-9H2,1-2H3,(H2,14,17,18). The molecule has 0 aliphatic carbocycles. The average Bonchev–Trinajstić information content (AvgIpc) is 2.96. The van der Waals surface area contributed by atoms with E-state index < -0.39 is 10.0 Å². The molecule has 2 heterocycles. The van der Waals surface area contributed by atoms with Crippen LogP contribution in [0.3, 0.4) is 0 Å². The van der Waals surface area contributed by atoms with Gasteiger partial charge in [0.2, 0.25) is 5.09 Å². The Kier molecular flexibility index (Phi) is 4.69. The molecule has 0 atom stereocenters. The van der Waals surface area contributed by atoms with E-state index in [1.807, 2.05) is 11.8 Å². The predicted octanol–water partition coefficient (Wildman–Crippen LogP) is 1.67. The fourth-order valence-corrected chi connectivity index (χ4v) is 4.30. The molecule has 2 rings (SSSR count). The maximum absolute atomic E-state index is 12.4. The number of nitrogens with zero attached hydrogens (tertiary/aromatic N) is 1. The fraction of sp³-hybridized carbons (Fsp3) is 0.615. The van der Waals surface area contributed by atoms with E-state index in [9.17, 15) is 13.2 Å². The van der Waals surface area contributed by atoms with E-state index in [4.69, 9.17) is 9.56 Å². The molecular weight excluding hydrogens is 312 g/mol. The third kappa shape index (κ3) is 3.44. The van der Waals surface area contributed by atoms with Gasteiger partial charge < -0.3 is 9.32 Å². The molecule has 1 amide bonds. The summed E-state index contributed by atoms with van der Waals surface area (Å²) in [4.78, 5) is 14.2. The van der Waals surface area contributed by atoms with E-state index in [-0.39, 0.29) is 21.5 Å². The molecule has 2 N–H and O–H groups in total. The van der Waals surface area contributed by atoms with E-state index in [1.54, 1.807) is 4.90 Å². The summed E-state index contributed by atoms with van der Waals surface area (Å²) in [6, 6.07) is 2.58. The lowest BCUT2D eigenvalue weighted by atomic mass is 10.0. The molecule has 1 aliphatic heterocycles. The smallest absolute Gasteiger partial charge is 0.289 e. The van der Waals surface area contributed by atoms with Crippen LogP contribution < -0.4 is 5.14 Å². The number of carbonyl (C=O) groups is 1. The molecule has 21 heavy (non-hydrogen) atoms. The Morgan fingerprint density at radius 3 is 2.62 bits per heavy atom. The van der Waals surface area contributed by atoms with Crippen LogP contribution in [0.25, 0.3) is 0 Å². The first-order chi connectivity index (χ1) is 9.81. The van der Waals surface area contributed by atoms with Gasteiger partial charge in [-0.05, 0) is 25.0 Å². The molecule has 0 bridgehead atoms. The van der Waals surface area contributed by atoms with Crippen LogP contribution in [0.4, 0.5) is 0 Å². The number of thioether (sulfide) groups is 1. The van der Waals surface area contributed by atoms with Gasteiger partial charge in [-0.2, -0.15) is 11.8 Å². The number of hydrogen-bond acceptors (Lipinski definition) is 5. The van der Waals surface area contributed by atoms with E-state index in [2.05, 4.69) is 13.8 Å². The topological polar surface area (TPSA) is 93.6 Å². The van der Waals surface area contributed by atoms with Gasteiger partial charge >= 0.3 is 0 Å². The fourth-order valence-electron chi connectivity index (χ4n) is 2.44. The highest BCUT2D eigenvalue weighted by atomic mass is 32.2. The molecule has 0 unspecified atom stereocenters. The Labute approximate surface area is 129 Å². The van der Waals surface area contributed by atoms with Gasteiger partial charge in [0, 0.05) is 23.6 Å². The molecule has 8 heteroatoms. The second-order valence-corrected chi connectivity index (χ2v) is 8.18. The summed E-state index contributed by atoms with van der Waals surface area (Å²) in [5, 5.41) is 4.60. The van der Waals surface area contributed by atoms with Crippen LogP contribution >= 0.6 is 11.8 Å². The highest BCUT2D eigenvalue weighted by molar-refractivity contribution is 8.00. The first kappa shape index (κ1) is 16.4. The number of carbonyl (C=O) groups excluding carboxylic acids is 1. The number of rotatable bonds is 4. The summed E-state index contributed by atoms with van der Waals surface area (Å²) < 4.78 is 27.6. The SMILES string of the molecule is CCC1(CC)CN(C(=O)c2ccc(S(N)(=O)=O)o2)CCS1. The Balaban J connectivity index is 2.18. The van der Waals surface area contributed by atoms with Crippen molar-refractivity contribution in [3.63, 3.8) is 0 Å². The van der Waals surface area contributed by atoms with Gasteiger partial charge in [0.05, 0.1) is 0 Å². The van der Waals surface area contributed by atoms with E-state index in [0.29, 0.717) is 13.1 Å². The molecule has 118 valence electrons. The minimum atomic E-state index is -3.92. The third-order valence-corrected chi connectivity index (χ3v) is 6.38. The molecule has 0 saturated carbocycles. The molecule has 0 radical (unpaired) electrons. The Morgan fingerprint density at radius 2 is 2.10 bits per heavy atom. The Bertz CT molecular complexity index is 620. The molecule has 0 spiro atoms. The van der Waals surface area contributed by atoms with Gasteiger partial charge in [-0.1, -0.05) is 13.8 Å².